The number of hydrogen-bond donors (Lipinski definition) is 1. The van der Waals surface area contributed by atoms with Gasteiger partial charge < -0.3 is 14.6 Å². The Labute approximate surface area is 218 Å². The summed E-state index contributed by atoms with van der Waals surface area (Å²) in [6, 6.07) is 23.5. The second kappa shape index (κ2) is 11.4. The molecule has 1 heterocycles. The van der Waals surface area contributed by atoms with Gasteiger partial charge in [0.2, 0.25) is 11.8 Å². The van der Waals surface area contributed by atoms with Crippen LogP contribution in [0.25, 0.3) is 34.0 Å². The minimum absolute atomic E-state index is 0.00667. The molecule has 1 atom stereocenters. The maximum atomic E-state index is 12.4. The molecule has 1 unspecified atom stereocenters. The Kier molecular flexibility index (Phi) is 8.11. The minimum Gasteiger partial charge on any atom is -0.435 e. The van der Waals surface area contributed by atoms with E-state index in [-0.39, 0.29) is 11.8 Å². The molecule has 0 bridgehead atoms. The van der Waals surface area contributed by atoms with E-state index in [1.165, 1.54) is 0 Å². The zero-order valence-electron chi connectivity index (χ0n) is 21.2. The van der Waals surface area contributed by atoms with E-state index in [1.807, 2.05) is 62.4 Å². The van der Waals surface area contributed by atoms with Gasteiger partial charge in [-0.05, 0) is 68.8 Å². The van der Waals surface area contributed by atoms with Crippen LogP contribution in [0.15, 0.2) is 77.2 Å². The summed E-state index contributed by atoms with van der Waals surface area (Å²) in [5.41, 5.74) is 5.04. The van der Waals surface area contributed by atoms with Crippen LogP contribution >= 0.6 is 11.6 Å². The largest absolute Gasteiger partial charge is 0.435 e. The molecular weight excluding hydrogens is 470 g/mol. The van der Waals surface area contributed by atoms with Gasteiger partial charge in [0.05, 0.1) is 5.02 Å². The molecule has 0 aliphatic heterocycles. The van der Waals surface area contributed by atoms with Gasteiger partial charge in [0.25, 0.3) is 0 Å². The third kappa shape index (κ3) is 5.47. The zero-order valence-corrected chi connectivity index (χ0v) is 22.0. The fourth-order valence-electron chi connectivity index (χ4n) is 4.07. The van der Waals surface area contributed by atoms with Gasteiger partial charge in [-0.3, -0.25) is 4.79 Å². The first-order valence-corrected chi connectivity index (χ1v) is 12.8. The van der Waals surface area contributed by atoms with Crippen molar-refractivity contribution in [3.05, 3.63) is 77.8 Å². The number of nitrogens with zero attached hydrogens (tertiary/aromatic N) is 2. The first-order chi connectivity index (χ1) is 17.4. The second-order valence-corrected chi connectivity index (χ2v) is 9.18. The highest BCUT2D eigenvalue weighted by Gasteiger charge is 2.20. The number of nitrogens with one attached hydrogen (secondary N) is 1. The third-order valence-electron chi connectivity index (χ3n) is 6.45. The summed E-state index contributed by atoms with van der Waals surface area (Å²) in [6.07, 6.45) is 0.781. The first kappa shape index (κ1) is 25.5. The quantitative estimate of drug-likeness (QED) is 0.251. The fraction of sp³-hybridized carbons (Fsp3) is 0.267. The van der Waals surface area contributed by atoms with E-state index < -0.39 is 0 Å². The Hall–Kier alpha value is -3.57. The number of aromatic nitrogens is 1. The molecule has 0 fully saturated rings. The molecule has 4 rings (SSSR count). The SMILES string of the molecule is CCC(C)C(=O)Nc1cccc(-c2nc(-c3ccccc3Cl)c(-c3ccc(N(CC)CC)cc3)o2)c1. The molecular formula is C30H32ClN3O2. The summed E-state index contributed by atoms with van der Waals surface area (Å²) >= 11 is 6.57. The number of amides is 1. The fourth-order valence-corrected chi connectivity index (χ4v) is 4.29. The van der Waals surface area contributed by atoms with Crippen LogP contribution in [-0.2, 0) is 4.79 Å². The Balaban J connectivity index is 1.77. The molecule has 1 amide bonds. The summed E-state index contributed by atoms with van der Waals surface area (Å²) in [5, 5.41) is 3.59. The van der Waals surface area contributed by atoms with E-state index in [4.69, 9.17) is 21.0 Å². The predicted octanol–water partition coefficient (Wildman–Crippen LogP) is 8.16. The van der Waals surface area contributed by atoms with Crippen LogP contribution in [0.2, 0.25) is 5.02 Å². The number of halogens is 1. The molecule has 0 spiro atoms. The summed E-state index contributed by atoms with van der Waals surface area (Å²) in [4.78, 5) is 19.6. The normalized spacial score (nSPS) is 11.8. The Morgan fingerprint density at radius 2 is 1.69 bits per heavy atom. The number of rotatable bonds is 9. The van der Waals surface area contributed by atoms with Gasteiger partial charge >= 0.3 is 0 Å². The molecule has 5 nitrogen and oxygen atoms in total. The number of oxazole rings is 1. The van der Waals surface area contributed by atoms with Gasteiger partial charge in [-0.15, -0.1) is 0 Å². The van der Waals surface area contributed by atoms with E-state index in [1.54, 1.807) is 0 Å². The van der Waals surface area contributed by atoms with Gasteiger partial charge in [-0.2, -0.15) is 0 Å². The van der Waals surface area contributed by atoms with Crippen LogP contribution in [0, 0.1) is 5.92 Å². The van der Waals surface area contributed by atoms with Crippen LogP contribution in [0.4, 0.5) is 11.4 Å². The van der Waals surface area contributed by atoms with E-state index in [0.717, 1.165) is 41.9 Å². The molecule has 4 aromatic rings. The molecule has 0 aliphatic rings. The lowest BCUT2D eigenvalue weighted by Gasteiger charge is -2.21. The van der Waals surface area contributed by atoms with Gasteiger partial charge in [0, 0.05) is 47.1 Å². The summed E-state index contributed by atoms with van der Waals surface area (Å²) in [6.45, 7) is 10.1. The van der Waals surface area contributed by atoms with Crippen molar-refractivity contribution in [2.45, 2.75) is 34.1 Å². The highest BCUT2D eigenvalue weighted by atomic mass is 35.5. The number of benzene rings is 3. The van der Waals surface area contributed by atoms with Gasteiger partial charge in [-0.25, -0.2) is 4.98 Å². The maximum absolute atomic E-state index is 12.4. The lowest BCUT2D eigenvalue weighted by atomic mass is 10.1. The van der Waals surface area contributed by atoms with Crippen molar-refractivity contribution in [1.29, 1.82) is 0 Å². The van der Waals surface area contributed by atoms with Gasteiger partial charge in [-0.1, -0.05) is 49.7 Å². The van der Waals surface area contributed by atoms with Crippen LogP contribution in [0.5, 0.6) is 0 Å². The molecule has 0 saturated heterocycles. The molecule has 0 radical (unpaired) electrons. The highest BCUT2D eigenvalue weighted by molar-refractivity contribution is 6.33. The van der Waals surface area contributed by atoms with Crippen molar-refractivity contribution in [3.63, 3.8) is 0 Å². The van der Waals surface area contributed by atoms with Crippen LogP contribution in [-0.4, -0.2) is 24.0 Å². The molecule has 3 aromatic carbocycles. The van der Waals surface area contributed by atoms with E-state index in [9.17, 15) is 4.79 Å². The average molecular weight is 502 g/mol. The Morgan fingerprint density at radius 1 is 0.972 bits per heavy atom. The summed E-state index contributed by atoms with van der Waals surface area (Å²) in [5.74, 6) is 1.05. The van der Waals surface area contributed by atoms with Crippen molar-refractivity contribution in [2.75, 3.05) is 23.3 Å². The Morgan fingerprint density at radius 3 is 2.36 bits per heavy atom. The number of carbonyl (C=O) groups is 1. The molecule has 186 valence electrons. The lowest BCUT2D eigenvalue weighted by Crippen LogP contribution is -2.21. The standard InChI is InChI=1S/C30H32ClN3O2/c1-5-20(4)29(35)32-23-12-10-11-22(19-23)30-33-27(25-13-8-9-14-26(25)31)28(36-30)21-15-17-24(18-16-21)34(6-2)7-3/h8-20H,5-7H2,1-4H3,(H,32,35). The summed E-state index contributed by atoms with van der Waals surface area (Å²) < 4.78 is 6.38. The maximum Gasteiger partial charge on any atom is 0.227 e. The average Bonchev–Trinajstić information content (AvgIpc) is 3.35. The zero-order chi connectivity index (χ0) is 25.7. The number of hydrogen-bond acceptors (Lipinski definition) is 4. The van der Waals surface area contributed by atoms with E-state index in [0.29, 0.717) is 28.1 Å². The topological polar surface area (TPSA) is 58.4 Å². The number of carbonyl (C=O) groups excluding carboxylic acids is 1. The van der Waals surface area contributed by atoms with Crippen LogP contribution in [0.1, 0.15) is 34.1 Å². The molecule has 1 N–H and O–H groups in total. The second-order valence-electron chi connectivity index (χ2n) is 8.78. The Bertz CT molecular complexity index is 1330. The lowest BCUT2D eigenvalue weighted by molar-refractivity contribution is -0.119. The van der Waals surface area contributed by atoms with Gasteiger partial charge in [0.15, 0.2) is 5.76 Å². The monoisotopic (exact) mass is 501 g/mol. The predicted molar refractivity (Wildman–Crippen MR) is 149 cm³/mol. The van der Waals surface area contributed by atoms with Gasteiger partial charge in [0.1, 0.15) is 5.69 Å². The van der Waals surface area contributed by atoms with Crippen molar-refractivity contribution >= 4 is 28.9 Å². The van der Waals surface area contributed by atoms with Crippen molar-refractivity contribution in [2.24, 2.45) is 5.92 Å². The van der Waals surface area contributed by atoms with E-state index in [2.05, 4.69) is 48.3 Å². The minimum atomic E-state index is -0.0619. The molecule has 0 saturated carbocycles. The van der Waals surface area contributed by atoms with Crippen LogP contribution < -0.4 is 10.2 Å². The molecule has 1 aromatic heterocycles. The van der Waals surface area contributed by atoms with E-state index >= 15 is 0 Å². The summed E-state index contributed by atoms with van der Waals surface area (Å²) in [7, 11) is 0. The molecule has 36 heavy (non-hydrogen) atoms. The van der Waals surface area contributed by atoms with Crippen LogP contribution in [0.3, 0.4) is 0 Å². The highest BCUT2D eigenvalue weighted by Crippen LogP contribution is 2.39. The first-order valence-electron chi connectivity index (χ1n) is 12.5. The molecule has 0 aliphatic carbocycles. The third-order valence-corrected chi connectivity index (χ3v) is 6.78. The smallest absolute Gasteiger partial charge is 0.227 e. The van der Waals surface area contributed by atoms with Crippen molar-refractivity contribution in [3.8, 4) is 34.0 Å². The molecule has 6 heteroatoms. The van der Waals surface area contributed by atoms with Crippen molar-refractivity contribution < 1.29 is 9.21 Å². The van der Waals surface area contributed by atoms with Crippen molar-refractivity contribution in [1.82, 2.24) is 4.98 Å². The number of anilines is 2.